The molecule has 0 fully saturated rings. The van der Waals surface area contributed by atoms with Gasteiger partial charge in [0.15, 0.2) is 0 Å². The fourth-order valence-electron chi connectivity index (χ4n) is 2.35. The Bertz CT molecular complexity index is 431. The average molecular weight is 306 g/mol. The van der Waals surface area contributed by atoms with Gasteiger partial charge in [0.1, 0.15) is 5.75 Å². The van der Waals surface area contributed by atoms with Gasteiger partial charge in [-0.1, -0.05) is 32.9 Å². The first kappa shape index (κ1) is 18.5. The fourth-order valence-corrected chi connectivity index (χ4v) is 2.35. The predicted molar refractivity (Wildman–Crippen MR) is 91.1 cm³/mol. The molecule has 0 aliphatic heterocycles. The van der Waals surface area contributed by atoms with E-state index in [2.05, 4.69) is 26.1 Å². The van der Waals surface area contributed by atoms with Crippen LogP contribution < -0.4 is 15.8 Å². The molecule has 0 radical (unpaired) electrons. The van der Waals surface area contributed by atoms with Crippen molar-refractivity contribution >= 4 is 5.91 Å². The molecule has 0 bridgehead atoms. The Hall–Kier alpha value is -1.55. The Labute approximate surface area is 134 Å². The van der Waals surface area contributed by atoms with E-state index in [-0.39, 0.29) is 11.4 Å². The molecule has 0 unspecified atom stereocenters. The first-order chi connectivity index (χ1) is 10.6. The van der Waals surface area contributed by atoms with Crippen molar-refractivity contribution in [3.63, 3.8) is 0 Å². The number of nitrogens with two attached hydrogens (primary N) is 1. The molecule has 4 heteroatoms. The standard InChI is InChI=1S/C18H30N2O2/c1-4-13-22-16-10-7-15(8-11-16)9-12-17(21)20-18(5-2,6-3)14-19/h7-8,10-11H,4-6,9,12-14,19H2,1-3H3,(H,20,21). The zero-order chi connectivity index (χ0) is 16.4. The van der Waals surface area contributed by atoms with Crippen LogP contribution in [0.5, 0.6) is 5.75 Å². The largest absolute Gasteiger partial charge is 0.494 e. The number of hydrogen-bond acceptors (Lipinski definition) is 3. The topological polar surface area (TPSA) is 64.3 Å². The molecule has 1 aromatic rings. The van der Waals surface area contributed by atoms with Crippen molar-refractivity contribution in [1.29, 1.82) is 0 Å². The molecule has 0 aliphatic carbocycles. The van der Waals surface area contributed by atoms with Gasteiger partial charge in [-0.15, -0.1) is 0 Å². The molecule has 3 N–H and O–H groups in total. The van der Waals surface area contributed by atoms with E-state index in [1.807, 2.05) is 24.3 Å². The summed E-state index contributed by atoms with van der Waals surface area (Å²) in [6, 6.07) is 7.97. The molecular formula is C18H30N2O2. The van der Waals surface area contributed by atoms with Crippen molar-refractivity contribution in [2.24, 2.45) is 5.73 Å². The molecule has 0 aromatic heterocycles. The third-order valence-electron chi connectivity index (χ3n) is 4.19. The van der Waals surface area contributed by atoms with Crippen molar-refractivity contribution in [2.75, 3.05) is 13.2 Å². The zero-order valence-electron chi connectivity index (χ0n) is 14.2. The lowest BCUT2D eigenvalue weighted by Crippen LogP contribution is -2.52. The molecular weight excluding hydrogens is 276 g/mol. The van der Waals surface area contributed by atoms with Crippen LogP contribution in [0.3, 0.4) is 0 Å². The van der Waals surface area contributed by atoms with Gasteiger partial charge in [-0.2, -0.15) is 0 Å². The minimum atomic E-state index is -0.255. The van der Waals surface area contributed by atoms with Crippen LogP contribution >= 0.6 is 0 Å². The van der Waals surface area contributed by atoms with Gasteiger partial charge in [0.2, 0.25) is 5.91 Å². The van der Waals surface area contributed by atoms with Crippen LogP contribution in [0.15, 0.2) is 24.3 Å². The SMILES string of the molecule is CCCOc1ccc(CCC(=O)NC(CC)(CC)CN)cc1. The molecule has 0 saturated heterocycles. The lowest BCUT2D eigenvalue weighted by molar-refractivity contribution is -0.123. The second-order valence-electron chi connectivity index (χ2n) is 5.73. The third kappa shape index (κ3) is 5.68. The zero-order valence-corrected chi connectivity index (χ0v) is 14.2. The first-order valence-electron chi connectivity index (χ1n) is 8.32. The van der Waals surface area contributed by atoms with Crippen molar-refractivity contribution in [2.45, 2.75) is 58.4 Å². The Kier molecular flexibility index (Phi) is 7.96. The van der Waals surface area contributed by atoms with Crippen LogP contribution in [0.1, 0.15) is 52.0 Å². The molecule has 1 rings (SSSR count). The molecule has 0 atom stereocenters. The maximum absolute atomic E-state index is 12.1. The highest BCUT2D eigenvalue weighted by molar-refractivity contribution is 5.77. The Balaban J connectivity index is 2.46. The number of carbonyl (C=O) groups excluding carboxylic acids is 1. The lowest BCUT2D eigenvalue weighted by Gasteiger charge is -2.31. The molecule has 22 heavy (non-hydrogen) atoms. The second-order valence-corrected chi connectivity index (χ2v) is 5.73. The normalized spacial score (nSPS) is 11.3. The minimum Gasteiger partial charge on any atom is -0.494 e. The Morgan fingerprint density at radius 2 is 1.82 bits per heavy atom. The summed E-state index contributed by atoms with van der Waals surface area (Å²) in [6.07, 6.45) is 3.93. The summed E-state index contributed by atoms with van der Waals surface area (Å²) in [5.74, 6) is 0.953. The summed E-state index contributed by atoms with van der Waals surface area (Å²) in [5.41, 5.74) is 6.70. The van der Waals surface area contributed by atoms with E-state index in [4.69, 9.17) is 10.5 Å². The minimum absolute atomic E-state index is 0.0699. The molecule has 1 aromatic carbocycles. The number of benzene rings is 1. The first-order valence-corrected chi connectivity index (χ1v) is 8.32. The number of hydrogen-bond donors (Lipinski definition) is 2. The maximum Gasteiger partial charge on any atom is 0.220 e. The van der Waals surface area contributed by atoms with E-state index in [1.165, 1.54) is 0 Å². The Morgan fingerprint density at radius 1 is 1.18 bits per heavy atom. The van der Waals surface area contributed by atoms with E-state index in [0.29, 0.717) is 13.0 Å². The molecule has 124 valence electrons. The number of rotatable bonds is 10. The van der Waals surface area contributed by atoms with E-state index in [9.17, 15) is 4.79 Å². The van der Waals surface area contributed by atoms with Gasteiger partial charge in [-0.25, -0.2) is 0 Å². The number of aryl methyl sites for hydroxylation is 1. The van der Waals surface area contributed by atoms with E-state index in [1.54, 1.807) is 0 Å². The quantitative estimate of drug-likeness (QED) is 0.698. The monoisotopic (exact) mass is 306 g/mol. The number of carbonyl (C=O) groups is 1. The summed E-state index contributed by atoms with van der Waals surface area (Å²) in [7, 11) is 0. The van der Waals surface area contributed by atoms with Gasteiger partial charge in [0, 0.05) is 13.0 Å². The van der Waals surface area contributed by atoms with Crippen molar-refractivity contribution in [1.82, 2.24) is 5.32 Å². The van der Waals surface area contributed by atoms with Crippen LogP contribution in [0.2, 0.25) is 0 Å². The highest BCUT2D eigenvalue weighted by Gasteiger charge is 2.25. The molecule has 4 nitrogen and oxygen atoms in total. The average Bonchev–Trinajstić information content (AvgIpc) is 2.57. The fraction of sp³-hybridized carbons (Fsp3) is 0.611. The number of ether oxygens (including phenoxy) is 1. The Morgan fingerprint density at radius 3 is 2.32 bits per heavy atom. The van der Waals surface area contributed by atoms with Gasteiger partial charge in [0.05, 0.1) is 12.1 Å². The smallest absolute Gasteiger partial charge is 0.220 e. The van der Waals surface area contributed by atoms with Gasteiger partial charge < -0.3 is 15.8 Å². The number of nitrogens with one attached hydrogen (secondary N) is 1. The van der Waals surface area contributed by atoms with Crippen LogP contribution in [0, 0.1) is 0 Å². The molecule has 0 saturated carbocycles. The summed E-state index contributed by atoms with van der Waals surface area (Å²) >= 11 is 0. The van der Waals surface area contributed by atoms with Crippen LogP contribution in [-0.2, 0) is 11.2 Å². The van der Waals surface area contributed by atoms with Crippen molar-refractivity contribution in [3.05, 3.63) is 29.8 Å². The summed E-state index contributed by atoms with van der Waals surface area (Å²) < 4.78 is 5.55. The highest BCUT2D eigenvalue weighted by atomic mass is 16.5. The van der Waals surface area contributed by atoms with Crippen LogP contribution in [0.4, 0.5) is 0 Å². The molecule has 0 heterocycles. The number of amides is 1. The van der Waals surface area contributed by atoms with Crippen LogP contribution in [-0.4, -0.2) is 24.6 Å². The second kappa shape index (κ2) is 9.46. The van der Waals surface area contributed by atoms with Gasteiger partial charge in [0.25, 0.3) is 0 Å². The lowest BCUT2D eigenvalue weighted by atomic mass is 9.92. The third-order valence-corrected chi connectivity index (χ3v) is 4.19. The van der Waals surface area contributed by atoms with Gasteiger partial charge in [-0.05, 0) is 43.4 Å². The highest BCUT2D eigenvalue weighted by Crippen LogP contribution is 2.15. The van der Waals surface area contributed by atoms with Gasteiger partial charge >= 0.3 is 0 Å². The van der Waals surface area contributed by atoms with E-state index < -0.39 is 0 Å². The van der Waals surface area contributed by atoms with Crippen molar-refractivity contribution in [3.8, 4) is 5.75 Å². The molecule has 0 aliphatic rings. The van der Waals surface area contributed by atoms with E-state index >= 15 is 0 Å². The predicted octanol–water partition coefficient (Wildman–Crippen LogP) is 3.04. The molecule has 1 amide bonds. The maximum atomic E-state index is 12.1. The van der Waals surface area contributed by atoms with Gasteiger partial charge in [-0.3, -0.25) is 4.79 Å². The molecule has 0 spiro atoms. The van der Waals surface area contributed by atoms with Crippen molar-refractivity contribution < 1.29 is 9.53 Å². The summed E-state index contributed by atoms with van der Waals surface area (Å²) in [6.45, 7) is 7.42. The summed E-state index contributed by atoms with van der Waals surface area (Å²) in [5, 5.41) is 3.10. The summed E-state index contributed by atoms with van der Waals surface area (Å²) in [4.78, 5) is 12.1. The van der Waals surface area contributed by atoms with Crippen LogP contribution in [0.25, 0.3) is 0 Å². The van der Waals surface area contributed by atoms with E-state index in [0.717, 1.165) is 43.6 Å².